The number of carbonyl (C=O) groups is 1. The van der Waals surface area contributed by atoms with Gasteiger partial charge in [0.25, 0.3) is 0 Å². The highest BCUT2D eigenvalue weighted by Gasteiger charge is 2.61. The fourth-order valence-corrected chi connectivity index (χ4v) is 7.19. The number of hydrogen-bond donors (Lipinski definition) is 1. The average molecular weight is 358 g/mol. The molecule has 0 aromatic heterocycles. The summed E-state index contributed by atoms with van der Waals surface area (Å²) >= 11 is 0. The Morgan fingerprint density at radius 1 is 1.23 bits per heavy atom. The van der Waals surface area contributed by atoms with Gasteiger partial charge in [0.2, 0.25) is 5.91 Å². The smallest absolute Gasteiger partial charge is 0.246 e. The second-order valence-electron chi connectivity index (χ2n) is 10.3. The maximum absolute atomic E-state index is 12.2. The van der Waals surface area contributed by atoms with Crippen LogP contribution in [0.5, 0.6) is 0 Å². The van der Waals surface area contributed by atoms with Gasteiger partial charge in [-0.2, -0.15) is 0 Å². The first-order valence-electron chi connectivity index (χ1n) is 10.5. The third-order valence-electron chi connectivity index (χ3n) is 8.54. The van der Waals surface area contributed by atoms with Crippen LogP contribution in [0.4, 0.5) is 0 Å². The average Bonchev–Trinajstić information content (AvgIpc) is 2.83. The topological polar surface area (TPSA) is 40.5 Å². The molecular formula is C23H35NO2. The first kappa shape index (κ1) is 18.3. The van der Waals surface area contributed by atoms with Crippen LogP contribution in [0.15, 0.2) is 23.8 Å². The van der Waals surface area contributed by atoms with Gasteiger partial charge in [-0.25, -0.2) is 0 Å². The molecule has 4 rings (SSSR count). The molecule has 1 amide bonds. The van der Waals surface area contributed by atoms with Gasteiger partial charge in [-0.3, -0.25) is 4.79 Å². The summed E-state index contributed by atoms with van der Waals surface area (Å²) in [6, 6.07) is 0.336. The highest BCUT2D eigenvalue weighted by molar-refractivity contribution is 5.89. The van der Waals surface area contributed by atoms with E-state index in [2.05, 4.69) is 39.8 Å². The van der Waals surface area contributed by atoms with Crippen LogP contribution in [0.1, 0.15) is 59.8 Å². The summed E-state index contributed by atoms with van der Waals surface area (Å²) in [7, 11) is 1.98. The van der Waals surface area contributed by atoms with Gasteiger partial charge in [0, 0.05) is 23.9 Å². The van der Waals surface area contributed by atoms with E-state index in [-0.39, 0.29) is 22.8 Å². The van der Waals surface area contributed by atoms with Crippen molar-refractivity contribution in [1.82, 2.24) is 4.90 Å². The lowest BCUT2D eigenvalue weighted by atomic mass is 9.48. The van der Waals surface area contributed by atoms with E-state index in [1.165, 1.54) is 18.4 Å². The van der Waals surface area contributed by atoms with Crippen LogP contribution >= 0.6 is 0 Å². The van der Waals surface area contributed by atoms with E-state index in [1.54, 1.807) is 6.08 Å². The molecule has 1 N–H and O–H groups in total. The molecule has 0 saturated heterocycles. The maximum Gasteiger partial charge on any atom is 0.246 e. The molecule has 0 aromatic rings. The summed E-state index contributed by atoms with van der Waals surface area (Å²) in [5.41, 5.74) is 1.40. The minimum absolute atomic E-state index is 0.0329. The second kappa shape index (κ2) is 5.95. The molecule has 2 unspecified atom stereocenters. The molecule has 0 bridgehead atoms. The van der Waals surface area contributed by atoms with E-state index in [4.69, 9.17) is 0 Å². The Morgan fingerprint density at radius 2 is 1.96 bits per heavy atom. The third-order valence-corrected chi connectivity index (χ3v) is 8.54. The van der Waals surface area contributed by atoms with Crippen molar-refractivity contribution in [3.63, 3.8) is 0 Å². The molecule has 3 saturated carbocycles. The van der Waals surface area contributed by atoms with E-state index in [0.717, 1.165) is 19.3 Å². The van der Waals surface area contributed by atoms with Gasteiger partial charge in [0.15, 0.2) is 0 Å². The lowest BCUT2D eigenvalue weighted by molar-refractivity contribution is -0.140. The van der Waals surface area contributed by atoms with Crippen LogP contribution in [0.2, 0.25) is 0 Å². The zero-order valence-electron chi connectivity index (χ0n) is 17.0. The first-order valence-corrected chi connectivity index (χ1v) is 10.5. The molecule has 7 atom stereocenters. The van der Waals surface area contributed by atoms with E-state index < -0.39 is 0 Å². The Labute approximate surface area is 158 Å². The second-order valence-corrected chi connectivity index (χ2v) is 10.3. The van der Waals surface area contributed by atoms with Gasteiger partial charge in [0.05, 0.1) is 6.10 Å². The monoisotopic (exact) mass is 357 g/mol. The van der Waals surface area contributed by atoms with Crippen LogP contribution < -0.4 is 0 Å². The van der Waals surface area contributed by atoms with Crippen molar-refractivity contribution in [1.29, 1.82) is 0 Å². The van der Waals surface area contributed by atoms with Gasteiger partial charge >= 0.3 is 0 Å². The number of rotatable bonds is 1. The first-order chi connectivity index (χ1) is 12.2. The summed E-state index contributed by atoms with van der Waals surface area (Å²) in [4.78, 5) is 14.2. The Kier molecular flexibility index (Phi) is 4.19. The van der Waals surface area contributed by atoms with Gasteiger partial charge in [-0.05, 0) is 67.4 Å². The van der Waals surface area contributed by atoms with E-state index in [1.807, 2.05) is 11.9 Å². The molecule has 3 heteroatoms. The van der Waals surface area contributed by atoms with Crippen molar-refractivity contribution >= 4 is 5.91 Å². The number of likely N-dealkylation sites (N-methyl/N-ethyl adjacent to an activating group) is 1. The Balaban J connectivity index is 1.68. The third kappa shape index (κ3) is 2.38. The molecule has 4 aliphatic rings. The summed E-state index contributed by atoms with van der Waals surface area (Å²) in [6.45, 7) is 9.13. The zero-order valence-corrected chi connectivity index (χ0v) is 17.0. The van der Waals surface area contributed by atoms with E-state index in [0.29, 0.717) is 29.7 Å². The fourth-order valence-electron chi connectivity index (χ4n) is 7.19. The highest BCUT2D eigenvalue weighted by atomic mass is 16.3. The molecule has 1 heterocycles. The van der Waals surface area contributed by atoms with Crippen LogP contribution in [0, 0.1) is 34.5 Å². The minimum Gasteiger partial charge on any atom is -0.388 e. The largest absolute Gasteiger partial charge is 0.388 e. The zero-order chi connectivity index (χ0) is 18.9. The van der Waals surface area contributed by atoms with Gasteiger partial charge in [0.1, 0.15) is 0 Å². The van der Waals surface area contributed by atoms with Crippen LogP contribution in [-0.2, 0) is 4.79 Å². The Morgan fingerprint density at radius 3 is 2.65 bits per heavy atom. The molecule has 1 aliphatic heterocycles. The summed E-state index contributed by atoms with van der Waals surface area (Å²) in [5.74, 6) is 2.51. The lowest BCUT2D eigenvalue weighted by Gasteiger charge is -2.59. The molecule has 0 aromatic carbocycles. The predicted molar refractivity (Wildman–Crippen MR) is 104 cm³/mol. The van der Waals surface area contributed by atoms with Crippen molar-refractivity contribution in [3.05, 3.63) is 23.8 Å². The van der Waals surface area contributed by atoms with Crippen molar-refractivity contribution < 1.29 is 9.90 Å². The quantitative estimate of drug-likeness (QED) is 0.715. The van der Waals surface area contributed by atoms with E-state index >= 15 is 0 Å². The minimum atomic E-state index is -0.271. The number of carbonyl (C=O) groups excluding carboxylic acids is 1. The van der Waals surface area contributed by atoms with Crippen LogP contribution in [-0.4, -0.2) is 35.1 Å². The number of hydrogen-bond acceptors (Lipinski definition) is 2. The molecule has 0 spiro atoms. The van der Waals surface area contributed by atoms with Crippen LogP contribution in [0.3, 0.4) is 0 Å². The number of aliphatic hydroxyl groups excluding tert-OH is 1. The van der Waals surface area contributed by atoms with Crippen LogP contribution in [0.25, 0.3) is 0 Å². The van der Waals surface area contributed by atoms with E-state index in [9.17, 15) is 9.90 Å². The molecule has 3 nitrogen and oxygen atoms in total. The Hall–Kier alpha value is -1.09. The molecular weight excluding hydrogens is 322 g/mol. The van der Waals surface area contributed by atoms with Gasteiger partial charge in [-0.15, -0.1) is 0 Å². The fraction of sp³-hybridized carbons (Fsp3) is 0.783. The molecule has 3 fully saturated rings. The SMILES string of the molecule is CC(C)C=C1C[C@H]2[C@@H]3CCC4N(C)C(=O)C=C[C@]4(C)[C@@H]3CC[C@]2(C)C1O. The van der Waals surface area contributed by atoms with Gasteiger partial charge in [-0.1, -0.05) is 39.8 Å². The lowest BCUT2D eigenvalue weighted by Crippen LogP contribution is -2.59. The summed E-state index contributed by atoms with van der Waals surface area (Å²) in [5, 5.41) is 11.1. The Bertz CT molecular complexity index is 665. The summed E-state index contributed by atoms with van der Waals surface area (Å²) in [6.07, 6.45) is 11.7. The molecule has 3 aliphatic carbocycles. The molecule has 0 radical (unpaired) electrons. The standard InChI is InChI=1S/C23H35NO2/c1-14(2)12-15-13-18-16-6-7-19-22(3,11-9-20(25)24(19)5)17(16)8-10-23(18,4)21(15)26/h9,11-12,14,16-19,21,26H,6-8,10,13H2,1-5H3/t16-,17-,18+,19?,21?,22-,23+/m1/s1. The number of nitrogens with zero attached hydrogens (tertiary/aromatic N) is 1. The normalized spacial score (nSPS) is 49.3. The summed E-state index contributed by atoms with van der Waals surface area (Å²) < 4.78 is 0. The van der Waals surface area contributed by atoms with Gasteiger partial charge < -0.3 is 10.0 Å². The molecule has 26 heavy (non-hydrogen) atoms. The van der Waals surface area contributed by atoms with Crippen molar-refractivity contribution in [2.45, 2.75) is 71.9 Å². The number of aliphatic hydroxyl groups is 1. The van der Waals surface area contributed by atoms with Crippen molar-refractivity contribution in [2.75, 3.05) is 7.05 Å². The predicted octanol–water partition coefficient (Wildman–Crippen LogP) is 4.18. The number of fused-ring (bicyclic) bond motifs is 5. The van der Waals surface area contributed by atoms with Crippen molar-refractivity contribution in [3.8, 4) is 0 Å². The number of amides is 1. The molecule has 144 valence electrons. The maximum atomic E-state index is 12.2. The van der Waals surface area contributed by atoms with Crippen molar-refractivity contribution in [2.24, 2.45) is 34.5 Å². The highest BCUT2D eigenvalue weighted by Crippen LogP contribution is 2.64. The number of allylic oxidation sites excluding steroid dienone is 1.